The summed E-state index contributed by atoms with van der Waals surface area (Å²) >= 11 is 0. The van der Waals surface area contributed by atoms with Crippen LogP contribution in [0.2, 0.25) is 0 Å². The van der Waals surface area contributed by atoms with Crippen LogP contribution in [0.5, 0.6) is 0 Å². The van der Waals surface area contributed by atoms with Crippen molar-refractivity contribution in [2.24, 2.45) is 0 Å². The zero-order valence-corrected chi connectivity index (χ0v) is 9.06. The molecule has 3 nitrogen and oxygen atoms in total. The van der Waals surface area contributed by atoms with Gasteiger partial charge in [-0.2, -0.15) is 0 Å². The standard InChI is InChI=1S/C12H16O3/c1-3-11(12(13)14)10-6-4-9(5-7-10)8-15-2/h4-7,11H,3,8H2,1-2H3,(H,13,14). The summed E-state index contributed by atoms with van der Waals surface area (Å²) in [4.78, 5) is 10.9. The molecule has 3 heteroatoms. The largest absolute Gasteiger partial charge is 0.481 e. The second-order valence-corrected chi connectivity index (χ2v) is 3.47. The van der Waals surface area contributed by atoms with E-state index in [0.717, 1.165) is 11.1 Å². The minimum absolute atomic E-state index is 0.401. The molecule has 0 radical (unpaired) electrons. The molecule has 0 aliphatic rings. The fourth-order valence-electron chi connectivity index (χ4n) is 1.57. The number of carboxylic acids is 1. The summed E-state index contributed by atoms with van der Waals surface area (Å²) in [6.07, 6.45) is 0.610. The lowest BCUT2D eigenvalue weighted by Gasteiger charge is -2.10. The molecule has 0 aliphatic carbocycles. The van der Waals surface area contributed by atoms with Crippen LogP contribution >= 0.6 is 0 Å². The Morgan fingerprint density at radius 2 is 2.00 bits per heavy atom. The van der Waals surface area contributed by atoms with Gasteiger partial charge in [-0.15, -0.1) is 0 Å². The molecule has 0 saturated heterocycles. The summed E-state index contributed by atoms with van der Waals surface area (Å²) in [7, 11) is 1.64. The van der Waals surface area contributed by atoms with Crippen LogP contribution in [0.1, 0.15) is 30.4 Å². The molecule has 1 aromatic rings. The molecule has 0 aromatic heterocycles. The molecule has 1 atom stereocenters. The van der Waals surface area contributed by atoms with Crippen molar-refractivity contribution >= 4 is 5.97 Å². The van der Waals surface area contributed by atoms with Crippen LogP contribution in [0.15, 0.2) is 24.3 Å². The van der Waals surface area contributed by atoms with Crippen LogP contribution in [0.25, 0.3) is 0 Å². The van der Waals surface area contributed by atoms with E-state index in [1.54, 1.807) is 7.11 Å². The molecule has 0 fully saturated rings. The van der Waals surface area contributed by atoms with Crippen LogP contribution in [0, 0.1) is 0 Å². The quantitative estimate of drug-likeness (QED) is 0.808. The number of ether oxygens (including phenoxy) is 1. The fourth-order valence-corrected chi connectivity index (χ4v) is 1.57. The fraction of sp³-hybridized carbons (Fsp3) is 0.417. The second-order valence-electron chi connectivity index (χ2n) is 3.47. The Kier molecular flexibility index (Phi) is 4.31. The van der Waals surface area contributed by atoms with E-state index in [1.165, 1.54) is 0 Å². The Morgan fingerprint density at radius 3 is 2.40 bits per heavy atom. The lowest BCUT2D eigenvalue weighted by atomic mass is 9.96. The highest BCUT2D eigenvalue weighted by atomic mass is 16.5. The zero-order chi connectivity index (χ0) is 11.3. The van der Waals surface area contributed by atoms with Crippen LogP contribution in [-0.4, -0.2) is 18.2 Å². The van der Waals surface area contributed by atoms with Crippen molar-refractivity contribution < 1.29 is 14.6 Å². The Morgan fingerprint density at radius 1 is 1.40 bits per heavy atom. The number of hydrogen-bond acceptors (Lipinski definition) is 2. The van der Waals surface area contributed by atoms with Gasteiger partial charge in [0.1, 0.15) is 0 Å². The van der Waals surface area contributed by atoms with Crippen molar-refractivity contribution in [3.05, 3.63) is 35.4 Å². The summed E-state index contributed by atoms with van der Waals surface area (Å²) < 4.78 is 4.99. The topological polar surface area (TPSA) is 46.5 Å². The molecule has 1 N–H and O–H groups in total. The van der Waals surface area contributed by atoms with E-state index in [0.29, 0.717) is 13.0 Å². The van der Waals surface area contributed by atoms with Gasteiger partial charge >= 0.3 is 5.97 Å². The summed E-state index contributed by atoms with van der Waals surface area (Å²) in [6.45, 7) is 2.44. The number of rotatable bonds is 5. The summed E-state index contributed by atoms with van der Waals surface area (Å²) in [5, 5.41) is 8.97. The van der Waals surface area contributed by atoms with E-state index < -0.39 is 11.9 Å². The average molecular weight is 208 g/mol. The number of benzene rings is 1. The highest BCUT2D eigenvalue weighted by molar-refractivity contribution is 5.75. The molecule has 1 unspecified atom stereocenters. The van der Waals surface area contributed by atoms with Crippen molar-refractivity contribution in [2.75, 3.05) is 7.11 Å². The molecular weight excluding hydrogens is 192 g/mol. The first kappa shape index (κ1) is 11.7. The molecule has 82 valence electrons. The van der Waals surface area contributed by atoms with Gasteiger partial charge in [0.05, 0.1) is 12.5 Å². The molecule has 0 saturated carbocycles. The van der Waals surface area contributed by atoms with Crippen LogP contribution in [0.4, 0.5) is 0 Å². The third-order valence-corrected chi connectivity index (χ3v) is 2.40. The number of aliphatic carboxylic acids is 1. The highest BCUT2D eigenvalue weighted by Gasteiger charge is 2.16. The minimum Gasteiger partial charge on any atom is -0.481 e. The van der Waals surface area contributed by atoms with Gasteiger partial charge in [0.2, 0.25) is 0 Å². The van der Waals surface area contributed by atoms with E-state index in [1.807, 2.05) is 31.2 Å². The SMILES string of the molecule is CCC(C(=O)O)c1ccc(COC)cc1. The van der Waals surface area contributed by atoms with E-state index in [4.69, 9.17) is 9.84 Å². The van der Waals surface area contributed by atoms with E-state index in [2.05, 4.69) is 0 Å². The Bertz CT molecular complexity index is 316. The van der Waals surface area contributed by atoms with E-state index >= 15 is 0 Å². The van der Waals surface area contributed by atoms with Gasteiger partial charge in [-0.25, -0.2) is 0 Å². The average Bonchev–Trinajstić information content (AvgIpc) is 2.21. The number of carbonyl (C=O) groups is 1. The van der Waals surface area contributed by atoms with Crippen molar-refractivity contribution in [3.63, 3.8) is 0 Å². The predicted octanol–water partition coefficient (Wildman–Crippen LogP) is 2.41. The molecule has 0 aliphatic heterocycles. The van der Waals surface area contributed by atoms with Crippen molar-refractivity contribution in [1.82, 2.24) is 0 Å². The molecule has 0 bridgehead atoms. The number of methoxy groups -OCH3 is 1. The maximum Gasteiger partial charge on any atom is 0.310 e. The number of carboxylic acid groups (broad SMARTS) is 1. The summed E-state index contributed by atoms with van der Waals surface area (Å²) in [5.41, 5.74) is 1.91. The first-order chi connectivity index (χ1) is 7.19. The second kappa shape index (κ2) is 5.51. The molecule has 1 rings (SSSR count). The molecule has 0 spiro atoms. The number of hydrogen-bond donors (Lipinski definition) is 1. The van der Waals surface area contributed by atoms with Gasteiger partial charge in [-0.05, 0) is 17.5 Å². The maximum atomic E-state index is 10.9. The van der Waals surface area contributed by atoms with Gasteiger partial charge in [0.15, 0.2) is 0 Å². The summed E-state index contributed by atoms with van der Waals surface area (Å²) in [6, 6.07) is 7.53. The first-order valence-corrected chi connectivity index (χ1v) is 4.99. The monoisotopic (exact) mass is 208 g/mol. The van der Waals surface area contributed by atoms with Gasteiger partial charge < -0.3 is 9.84 Å². The Balaban J connectivity index is 2.82. The lowest BCUT2D eigenvalue weighted by Crippen LogP contribution is -2.10. The summed E-state index contributed by atoms with van der Waals surface area (Å²) in [5.74, 6) is -1.17. The van der Waals surface area contributed by atoms with E-state index in [9.17, 15) is 4.79 Å². The Labute approximate surface area is 89.7 Å². The normalized spacial score (nSPS) is 12.4. The molecule has 0 heterocycles. The smallest absolute Gasteiger partial charge is 0.310 e. The third kappa shape index (κ3) is 3.06. The first-order valence-electron chi connectivity index (χ1n) is 4.99. The predicted molar refractivity (Wildman–Crippen MR) is 57.8 cm³/mol. The molecule has 0 amide bonds. The minimum atomic E-state index is -0.767. The van der Waals surface area contributed by atoms with Crippen molar-refractivity contribution in [3.8, 4) is 0 Å². The molecular formula is C12H16O3. The van der Waals surface area contributed by atoms with Gasteiger partial charge in [-0.3, -0.25) is 4.79 Å². The Hall–Kier alpha value is -1.35. The van der Waals surface area contributed by atoms with Crippen LogP contribution in [-0.2, 0) is 16.1 Å². The molecule has 15 heavy (non-hydrogen) atoms. The van der Waals surface area contributed by atoms with Crippen molar-refractivity contribution in [2.45, 2.75) is 25.9 Å². The van der Waals surface area contributed by atoms with Crippen LogP contribution < -0.4 is 0 Å². The van der Waals surface area contributed by atoms with Gasteiger partial charge in [0, 0.05) is 7.11 Å². The molecule has 1 aromatic carbocycles. The third-order valence-electron chi connectivity index (χ3n) is 2.40. The zero-order valence-electron chi connectivity index (χ0n) is 9.06. The van der Waals surface area contributed by atoms with Gasteiger partial charge in [-0.1, -0.05) is 31.2 Å². The highest BCUT2D eigenvalue weighted by Crippen LogP contribution is 2.20. The van der Waals surface area contributed by atoms with Crippen LogP contribution in [0.3, 0.4) is 0 Å². The lowest BCUT2D eigenvalue weighted by molar-refractivity contribution is -0.138. The maximum absolute atomic E-state index is 10.9. The van der Waals surface area contributed by atoms with Crippen molar-refractivity contribution in [1.29, 1.82) is 0 Å². The van der Waals surface area contributed by atoms with E-state index in [-0.39, 0.29) is 0 Å². The van der Waals surface area contributed by atoms with Gasteiger partial charge in [0.25, 0.3) is 0 Å².